The zero-order chi connectivity index (χ0) is 16.2. The molecule has 2 amide bonds. The van der Waals surface area contributed by atoms with Gasteiger partial charge in [0.2, 0.25) is 0 Å². The van der Waals surface area contributed by atoms with Crippen molar-refractivity contribution < 1.29 is 9.53 Å². The molecule has 2 aromatic rings. The number of hydrogen-bond donors (Lipinski definition) is 2. The van der Waals surface area contributed by atoms with Crippen LogP contribution in [0.2, 0.25) is 0 Å². The van der Waals surface area contributed by atoms with E-state index in [1.807, 2.05) is 25.3 Å². The van der Waals surface area contributed by atoms with E-state index in [9.17, 15) is 4.79 Å². The molecule has 1 aromatic heterocycles. The van der Waals surface area contributed by atoms with Gasteiger partial charge in [0.15, 0.2) is 0 Å². The van der Waals surface area contributed by atoms with Crippen LogP contribution in [0.5, 0.6) is 5.75 Å². The minimum Gasteiger partial charge on any atom is -0.491 e. The molecule has 1 aromatic carbocycles. The van der Waals surface area contributed by atoms with Crippen LogP contribution in [-0.4, -0.2) is 23.7 Å². The van der Waals surface area contributed by atoms with Crippen LogP contribution < -0.4 is 15.4 Å². The summed E-state index contributed by atoms with van der Waals surface area (Å²) in [5.74, 6) is 0.959. The number of fused-ring (bicyclic) bond motifs is 1. The molecule has 1 atom stereocenters. The third kappa shape index (κ3) is 3.82. The lowest BCUT2D eigenvalue weighted by atomic mass is 10.0. The van der Waals surface area contributed by atoms with Gasteiger partial charge in [-0.3, -0.25) is 0 Å². The fourth-order valence-corrected chi connectivity index (χ4v) is 3.47. The summed E-state index contributed by atoms with van der Waals surface area (Å²) in [6.45, 7) is 5.10. The summed E-state index contributed by atoms with van der Waals surface area (Å²) in [7, 11) is 0. The summed E-state index contributed by atoms with van der Waals surface area (Å²) in [5.41, 5.74) is 2.29. The van der Waals surface area contributed by atoms with Gasteiger partial charge in [-0.2, -0.15) is 0 Å². The van der Waals surface area contributed by atoms with Crippen molar-refractivity contribution in [1.29, 1.82) is 0 Å². The molecule has 3 rings (SSSR count). The number of carbonyl (C=O) groups is 1. The standard InChI is InChI=1S/C17H21N3O2S/c1-3-14-8-18-15(23-14)9-19-17(21)20-13-7-12-6-4-5-11(2)16(12)22-10-13/h4-6,8,13H,3,7,9-10H2,1-2H3,(H2,19,20,21). The average Bonchev–Trinajstić information content (AvgIpc) is 3.01. The molecule has 0 radical (unpaired) electrons. The molecule has 5 nitrogen and oxygen atoms in total. The van der Waals surface area contributed by atoms with Crippen molar-refractivity contribution in [1.82, 2.24) is 15.6 Å². The van der Waals surface area contributed by atoms with E-state index in [1.165, 1.54) is 4.88 Å². The number of hydrogen-bond acceptors (Lipinski definition) is 4. The molecule has 0 bridgehead atoms. The molecular formula is C17H21N3O2S. The van der Waals surface area contributed by atoms with Crippen molar-refractivity contribution in [3.8, 4) is 5.75 Å². The van der Waals surface area contributed by atoms with Crippen LogP contribution in [-0.2, 0) is 19.4 Å². The van der Waals surface area contributed by atoms with Crippen molar-refractivity contribution in [2.24, 2.45) is 0 Å². The van der Waals surface area contributed by atoms with Gasteiger partial charge in [-0.25, -0.2) is 9.78 Å². The van der Waals surface area contributed by atoms with Crippen molar-refractivity contribution in [3.63, 3.8) is 0 Å². The summed E-state index contributed by atoms with van der Waals surface area (Å²) in [4.78, 5) is 17.6. The molecule has 0 spiro atoms. The largest absolute Gasteiger partial charge is 0.491 e. The molecule has 122 valence electrons. The number of aryl methyl sites for hydroxylation is 2. The van der Waals surface area contributed by atoms with Crippen molar-refractivity contribution >= 4 is 17.4 Å². The SMILES string of the molecule is CCc1cnc(CNC(=O)NC2COc3c(C)cccc3C2)s1. The fraction of sp³-hybridized carbons (Fsp3) is 0.412. The normalized spacial score (nSPS) is 16.3. The first-order valence-electron chi connectivity index (χ1n) is 7.85. The number of rotatable bonds is 4. The average molecular weight is 331 g/mol. The minimum atomic E-state index is -0.178. The fourth-order valence-electron chi connectivity index (χ4n) is 2.67. The Balaban J connectivity index is 1.51. The van der Waals surface area contributed by atoms with Crippen LogP contribution in [0.4, 0.5) is 4.79 Å². The molecule has 1 aliphatic heterocycles. The summed E-state index contributed by atoms with van der Waals surface area (Å²) in [6.07, 6.45) is 3.64. The van der Waals surface area contributed by atoms with Crippen LogP contribution in [0.25, 0.3) is 0 Å². The number of nitrogens with one attached hydrogen (secondary N) is 2. The Kier molecular flexibility index (Phi) is 4.81. The Morgan fingerprint density at radius 3 is 3.13 bits per heavy atom. The van der Waals surface area contributed by atoms with E-state index in [0.717, 1.165) is 34.7 Å². The van der Waals surface area contributed by atoms with E-state index in [2.05, 4.69) is 28.6 Å². The summed E-state index contributed by atoms with van der Waals surface area (Å²) < 4.78 is 5.80. The maximum absolute atomic E-state index is 12.0. The molecule has 6 heteroatoms. The molecule has 0 fully saturated rings. The summed E-state index contributed by atoms with van der Waals surface area (Å²) in [6, 6.07) is 5.93. The summed E-state index contributed by atoms with van der Waals surface area (Å²) in [5, 5.41) is 6.76. The van der Waals surface area contributed by atoms with E-state index in [0.29, 0.717) is 13.2 Å². The van der Waals surface area contributed by atoms with Crippen molar-refractivity contribution in [2.75, 3.05) is 6.61 Å². The zero-order valence-electron chi connectivity index (χ0n) is 13.4. The van der Waals surface area contributed by atoms with Gasteiger partial charge in [-0.15, -0.1) is 11.3 Å². The van der Waals surface area contributed by atoms with Gasteiger partial charge in [-0.1, -0.05) is 25.1 Å². The quantitative estimate of drug-likeness (QED) is 0.905. The smallest absolute Gasteiger partial charge is 0.315 e. The third-order valence-electron chi connectivity index (χ3n) is 3.87. The second-order valence-electron chi connectivity index (χ2n) is 5.68. The predicted molar refractivity (Wildman–Crippen MR) is 91.0 cm³/mol. The Morgan fingerprint density at radius 1 is 1.48 bits per heavy atom. The molecule has 1 aliphatic rings. The number of carbonyl (C=O) groups excluding carboxylic acids is 1. The van der Waals surface area contributed by atoms with Crippen LogP contribution >= 0.6 is 11.3 Å². The number of thiazole rings is 1. The molecule has 2 N–H and O–H groups in total. The molecule has 0 saturated heterocycles. The molecule has 0 saturated carbocycles. The highest BCUT2D eigenvalue weighted by molar-refractivity contribution is 7.11. The van der Waals surface area contributed by atoms with Crippen molar-refractivity contribution in [2.45, 2.75) is 39.3 Å². The van der Waals surface area contributed by atoms with Gasteiger partial charge < -0.3 is 15.4 Å². The second kappa shape index (κ2) is 7.00. The maximum Gasteiger partial charge on any atom is 0.315 e. The van der Waals surface area contributed by atoms with Gasteiger partial charge in [-0.05, 0) is 30.9 Å². The van der Waals surface area contributed by atoms with Gasteiger partial charge in [0.25, 0.3) is 0 Å². The third-order valence-corrected chi connectivity index (χ3v) is 5.02. The highest BCUT2D eigenvalue weighted by Gasteiger charge is 2.22. The summed E-state index contributed by atoms with van der Waals surface area (Å²) >= 11 is 1.63. The lowest BCUT2D eigenvalue weighted by Gasteiger charge is -2.27. The second-order valence-corrected chi connectivity index (χ2v) is 6.88. The molecule has 1 unspecified atom stereocenters. The van der Waals surface area contributed by atoms with Crippen LogP contribution in [0, 0.1) is 6.92 Å². The highest BCUT2D eigenvalue weighted by Crippen LogP contribution is 2.28. The molecule has 2 heterocycles. The van der Waals surface area contributed by atoms with Crippen LogP contribution in [0.15, 0.2) is 24.4 Å². The van der Waals surface area contributed by atoms with Crippen LogP contribution in [0.3, 0.4) is 0 Å². The Morgan fingerprint density at radius 2 is 2.35 bits per heavy atom. The molecule has 23 heavy (non-hydrogen) atoms. The number of nitrogens with zero attached hydrogens (tertiary/aromatic N) is 1. The monoisotopic (exact) mass is 331 g/mol. The van der Waals surface area contributed by atoms with Gasteiger partial charge >= 0.3 is 6.03 Å². The minimum absolute atomic E-state index is 0.00759. The molecule has 0 aliphatic carbocycles. The van der Waals surface area contributed by atoms with Crippen molar-refractivity contribution in [3.05, 3.63) is 45.4 Å². The van der Waals surface area contributed by atoms with E-state index in [-0.39, 0.29) is 12.1 Å². The Labute approximate surface area is 140 Å². The maximum atomic E-state index is 12.0. The predicted octanol–water partition coefficient (Wildman–Crippen LogP) is 2.82. The lowest BCUT2D eigenvalue weighted by molar-refractivity contribution is 0.213. The highest BCUT2D eigenvalue weighted by atomic mass is 32.1. The van der Waals surface area contributed by atoms with E-state index < -0.39 is 0 Å². The first kappa shape index (κ1) is 15.8. The first-order valence-corrected chi connectivity index (χ1v) is 8.66. The zero-order valence-corrected chi connectivity index (χ0v) is 14.2. The topological polar surface area (TPSA) is 63.2 Å². The number of benzene rings is 1. The van der Waals surface area contributed by atoms with E-state index >= 15 is 0 Å². The Hall–Kier alpha value is -2.08. The number of aromatic nitrogens is 1. The van der Waals surface area contributed by atoms with Gasteiger partial charge in [0, 0.05) is 11.1 Å². The lowest BCUT2D eigenvalue weighted by Crippen LogP contribution is -2.47. The first-order chi connectivity index (χ1) is 11.2. The van der Waals surface area contributed by atoms with Gasteiger partial charge in [0.05, 0.1) is 12.6 Å². The van der Waals surface area contributed by atoms with E-state index in [4.69, 9.17) is 4.74 Å². The van der Waals surface area contributed by atoms with E-state index in [1.54, 1.807) is 11.3 Å². The van der Waals surface area contributed by atoms with Crippen LogP contribution in [0.1, 0.15) is 27.9 Å². The Bertz CT molecular complexity index is 699. The number of ether oxygens (including phenoxy) is 1. The number of urea groups is 1. The molecular weight excluding hydrogens is 310 g/mol. The number of amides is 2. The van der Waals surface area contributed by atoms with Gasteiger partial charge in [0.1, 0.15) is 17.4 Å². The number of para-hydroxylation sites is 1.